The lowest BCUT2D eigenvalue weighted by molar-refractivity contribution is 0.167. The lowest BCUT2D eigenvalue weighted by Crippen LogP contribution is -2.04. The topological polar surface area (TPSA) is 20.2 Å². The molecule has 1 unspecified atom stereocenters. The molecule has 1 nitrogen and oxygen atoms in total. The van der Waals surface area contributed by atoms with E-state index in [9.17, 15) is 4.39 Å². The summed E-state index contributed by atoms with van der Waals surface area (Å²) >= 11 is 0. The second-order valence-corrected chi connectivity index (χ2v) is 4.40. The number of rotatable bonds is 11. The molecule has 2 heteroatoms. The molecule has 15 heavy (non-hydrogen) atoms. The zero-order chi connectivity index (χ0) is 11.4. The van der Waals surface area contributed by atoms with Crippen LogP contribution in [0.5, 0.6) is 0 Å². The van der Waals surface area contributed by atoms with E-state index in [-0.39, 0.29) is 6.61 Å². The molecule has 0 saturated heterocycles. The van der Waals surface area contributed by atoms with E-state index in [1.54, 1.807) is 0 Å². The minimum atomic E-state index is -0.991. The summed E-state index contributed by atoms with van der Waals surface area (Å²) in [5.41, 5.74) is 0. The summed E-state index contributed by atoms with van der Waals surface area (Å²) < 4.78 is 12.6. The summed E-state index contributed by atoms with van der Waals surface area (Å²) in [6, 6.07) is 0. The smallest absolute Gasteiger partial charge is 0.123 e. The molecule has 92 valence electrons. The van der Waals surface area contributed by atoms with Crippen molar-refractivity contribution in [3.05, 3.63) is 0 Å². The quantitative estimate of drug-likeness (QED) is 0.514. The first-order valence-electron chi connectivity index (χ1n) is 6.56. The highest BCUT2D eigenvalue weighted by Crippen LogP contribution is 2.11. The van der Waals surface area contributed by atoms with Gasteiger partial charge in [0.25, 0.3) is 0 Å². The van der Waals surface area contributed by atoms with E-state index < -0.39 is 6.17 Å². The molecule has 1 N–H and O–H groups in total. The summed E-state index contributed by atoms with van der Waals surface area (Å²) in [6.07, 6.45) is 10.8. The molecule has 1 atom stereocenters. The number of hydrogen-bond acceptors (Lipinski definition) is 1. The molecule has 0 rings (SSSR count). The fraction of sp³-hybridized carbons (Fsp3) is 1.00. The summed E-state index contributed by atoms with van der Waals surface area (Å²) in [7, 11) is 0. The van der Waals surface area contributed by atoms with E-state index in [1.807, 2.05) is 0 Å². The molecule has 0 aliphatic carbocycles. The zero-order valence-corrected chi connectivity index (χ0v) is 10.2. The largest absolute Gasteiger partial charge is 0.393 e. The number of alkyl halides is 1. The lowest BCUT2D eigenvalue weighted by atomic mass is 10.1. The molecule has 0 fully saturated rings. The van der Waals surface area contributed by atoms with Crippen LogP contribution in [0.3, 0.4) is 0 Å². The van der Waals surface area contributed by atoms with Gasteiger partial charge in [0.2, 0.25) is 0 Å². The number of aliphatic hydroxyl groups is 1. The van der Waals surface area contributed by atoms with Gasteiger partial charge in [-0.05, 0) is 6.42 Å². The molecule has 0 bridgehead atoms. The standard InChI is InChI=1S/C13H27FO/c1-2-3-4-5-6-7-8-9-10-11-13(14)12-15/h13,15H,2-12H2,1H3. The van der Waals surface area contributed by atoms with Crippen LogP contribution in [-0.4, -0.2) is 17.9 Å². The van der Waals surface area contributed by atoms with Gasteiger partial charge in [0, 0.05) is 0 Å². The van der Waals surface area contributed by atoms with E-state index >= 15 is 0 Å². The van der Waals surface area contributed by atoms with Gasteiger partial charge in [-0.25, -0.2) is 4.39 Å². The first kappa shape index (κ1) is 14.9. The summed E-state index contributed by atoms with van der Waals surface area (Å²) in [4.78, 5) is 0. The van der Waals surface area contributed by atoms with Crippen molar-refractivity contribution < 1.29 is 9.50 Å². The van der Waals surface area contributed by atoms with E-state index in [4.69, 9.17) is 5.11 Å². The molecule has 0 spiro atoms. The highest BCUT2D eigenvalue weighted by atomic mass is 19.1. The lowest BCUT2D eigenvalue weighted by Gasteiger charge is -2.04. The monoisotopic (exact) mass is 218 g/mol. The predicted molar refractivity (Wildman–Crippen MR) is 63.8 cm³/mol. The molecular weight excluding hydrogens is 191 g/mol. The highest BCUT2D eigenvalue weighted by molar-refractivity contribution is 4.54. The third-order valence-electron chi connectivity index (χ3n) is 2.82. The summed E-state index contributed by atoms with van der Waals surface area (Å²) in [6.45, 7) is 1.92. The van der Waals surface area contributed by atoms with Gasteiger partial charge in [-0.3, -0.25) is 0 Å². The third kappa shape index (κ3) is 11.8. The molecule has 0 heterocycles. The summed E-state index contributed by atoms with van der Waals surface area (Å²) in [5.74, 6) is 0. The average Bonchev–Trinajstić information content (AvgIpc) is 2.26. The van der Waals surface area contributed by atoms with Crippen LogP contribution in [0.15, 0.2) is 0 Å². The Morgan fingerprint density at radius 2 is 1.33 bits per heavy atom. The number of unbranched alkanes of at least 4 members (excludes halogenated alkanes) is 8. The molecule has 0 saturated carbocycles. The van der Waals surface area contributed by atoms with Gasteiger partial charge in [0.05, 0.1) is 6.61 Å². The van der Waals surface area contributed by atoms with Gasteiger partial charge >= 0.3 is 0 Å². The number of halogens is 1. The fourth-order valence-electron chi connectivity index (χ4n) is 1.77. The Bertz CT molecular complexity index is 117. The molecule has 0 aliphatic rings. The van der Waals surface area contributed by atoms with Crippen LogP contribution in [0.4, 0.5) is 4.39 Å². The van der Waals surface area contributed by atoms with Gasteiger partial charge in [0.15, 0.2) is 0 Å². The van der Waals surface area contributed by atoms with Crippen LogP contribution >= 0.6 is 0 Å². The Hall–Kier alpha value is -0.110. The Morgan fingerprint density at radius 3 is 1.80 bits per heavy atom. The van der Waals surface area contributed by atoms with Gasteiger partial charge in [-0.15, -0.1) is 0 Å². The van der Waals surface area contributed by atoms with Crippen LogP contribution in [-0.2, 0) is 0 Å². The minimum absolute atomic E-state index is 0.309. The molecule has 0 amide bonds. The predicted octanol–water partition coefficient (Wildman–Crippen LogP) is 4.24. The first-order valence-corrected chi connectivity index (χ1v) is 6.56. The maximum absolute atomic E-state index is 12.6. The third-order valence-corrected chi connectivity index (χ3v) is 2.82. The van der Waals surface area contributed by atoms with Gasteiger partial charge in [-0.1, -0.05) is 64.7 Å². The van der Waals surface area contributed by atoms with E-state index in [0.717, 1.165) is 12.8 Å². The van der Waals surface area contributed by atoms with Crippen molar-refractivity contribution in [3.8, 4) is 0 Å². The maximum Gasteiger partial charge on any atom is 0.123 e. The van der Waals surface area contributed by atoms with Crippen LogP contribution < -0.4 is 0 Å². The van der Waals surface area contributed by atoms with Crippen molar-refractivity contribution in [1.82, 2.24) is 0 Å². The Labute approximate surface area is 94.1 Å². The van der Waals surface area contributed by atoms with Crippen molar-refractivity contribution in [2.75, 3.05) is 6.61 Å². The average molecular weight is 218 g/mol. The first-order chi connectivity index (χ1) is 7.31. The molecular formula is C13H27FO. The van der Waals surface area contributed by atoms with E-state index in [1.165, 1.54) is 44.9 Å². The molecule has 0 radical (unpaired) electrons. The van der Waals surface area contributed by atoms with Crippen molar-refractivity contribution in [2.24, 2.45) is 0 Å². The van der Waals surface area contributed by atoms with E-state index in [2.05, 4.69) is 6.92 Å². The Balaban J connectivity index is 2.92. The molecule has 0 aromatic rings. The van der Waals surface area contributed by atoms with Crippen molar-refractivity contribution in [3.63, 3.8) is 0 Å². The molecule has 0 aliphatic heterocycles. The Morgan fingerprint density at radius 1 is 0.867 bits per heavy atom. The minimum Gasteiger partial charge on any atom is -0.393 e. The van der Waals surface area contributed by atoms with Gasteiger partial charge in [0.1, 0.15) is 6.17 Å². The second-order valence-electron chi connectivity index (χ2n) is 4.40. The van der Waals surface area contributed by atoms with Crippen molar-refractivity contribution in [2.45, 2.75) is 77.3 Å². The van der Waals surface area contributed by atoms with Gasteiger partial charge < -0.3 is 5.11 Å². The maximum atomic E-state index is 12.6. The zero-order valence-electron chi connectivity index (χ0n) is 10.2. The fourth-order valence-corrected chi connectivity index (χ4v) is 1.77. The van der Waals surface area contributed by atoms with Crippen LogP contribution in [0.2, 0.25) is 0 Å². The Kier molecular flexibility index (Phi) is 11.9. The SMILES string of the molecule is CCCCCCCCCCCC(F)CO. The van der Waals surface area contributed by atoms with Crippen LogP contribution in [0.1, 0.15) is 71.1 Å². The van der Waals surface area contributed by atoms with E-state index in [0.29, 0.717) is 6.42 Å². The molecule has 0 aromatic heterocycles. The second kappa shape index (κ2) is 12.0. The van der Waals surface area contributed by atoms with Crippen LogP contribution in [0, 0.1) is 0 Å². The normalized spacial score (nSPS) is 13.0. The van der Waals surface area contributed by atoms with Crippen LogP contribution in [0.25, 0.3) is 0 Å². The van der Waals surface area contributed by atoms with Crippen molar-refractivity contribution >= 4 is 0 Å². The number of aliphatic hydroxyl groups excluding tert-OH is 1. The summed E-state index contributed by atoms with van der Waals surface area (Å²) in [5, 5.41) is 8.48. The van der Waals surface area contributed by atoms with Crippen molar-refractivity contribution in [1.29, 1.82) is 0 Å². The molecule has 0 aromatic carbocycles. The number of hydrogen-bond donors (Lipinski definition) is 1. The highest BCUT2D eigenvalue weighted by Gasteiger charge is 2.02. The van der Waals surface area contributed by atoms with Gasteiger partial charge in [-0.2, -0.15) is 0 Å².